The van der Waals surface area contributed by atoms with Gasteiger partial charge in [-0.1, -0.05) is 32.8 Å². The predicted molar refractivity (Wildman–Crippen MR) is 93.3 cm³/mol. The van der Waals surface area contributed by atoms with Crippen LogP contribution in [-0.2, 0) is 0 Å². The first-order valence-corrected chi connectivity index (χ1v) is 8.39. The van der Waals surface area contributed by atoms with Crippen molar-refractivity contribution in [3.05, 3.63) is 46.0 Å². The molecule has 2 heterocycles. The van der Waals surface area contributed by atoms with Crippen LogP contribution in [0.1, 0.15) is 55.5 Å². The number of hydrogen-bond donors (Lipinski definition) is 2. The van der Waals surface area contributed by atoms with Crippen LogP contribution in [0, 0.1) is 6.92 Å². The van der Waals surface area contributed by atoms with Crippen molar-refractivity contribution in [3.63, 3.8) is 0 Å². The van der Waals surface area contributed by atoms with E-state index in [0.29, 0.717) is 18.5 Å². The van der Waals surface area contributed by atoms with Gasteiger partial charge in [0.15, 0.2) is 0 Å². The van der Waals surface area contributed by atoms with Crippen LogP contribution < -0.4 is 10.9 Å². The third kappa shape index (κ3) is 3.82. The van der Waals surface area contributed by atoms with Crippen molar-refractivity contribution in [3.8, 4) is 0 Å². The molecule has 0 radical (unpaired) electrons. The highest BCUT2D eigenvalue weighted by atomic mass is 16.3. The van der Waals surface area contributed by atoms with Crippen LogP contribution in [0.5, 0.6) is 0 Å². The van der Waals surface area contributed by atoms with Gasteiger partial charge in [-0.05, 0) is 31.4 Å². The molecule has 6 heteroatoms. The topological polar surface area (TPSA) is 83.7 Å². The molecule has 130 valence electrons. The summed E-state index contributed by atoms with van der Waals surface area (Å²) in [6.45, 7) is 5.97. The van der Waals surface area contributed by atoms with Gasteiger partial charge in [0.2, 0.25) is 0 Å². The summed E-state index contributed by atoms with van der Waals surface area (Å²) < 4.78 is 1.37. The van der Waals surface area contributed by atoms with Gasteiger partial charge in [-0.3, -0.25) is 14.0 Å². The zero-order valence-corrected chi connectivity index (χ0v) is 14.5. The van der Waals surface area contributed by atoms with E-state index in [9.17, 15) is 14.7 Å². The molecule has 6 nitrogen and oxygen atoms in total. The second kappa shape index (κ2) is 7.57. The lowest BCUT2D eigenvalue weighted by atomic mass is 9.92. The van der Waals surface area contributed by atoms with E-state index in [2.05, 4.69) is 10.3 Å². The molecule has 0 aliphatic rings. The minimum atomic E-state index is -0.934. The zero-order chi connectivity index (χ0) is 17.7. The summed E-state index contributed by atoms with van der Waals surface area (Å²) in [5, 5.41) is 13.3. The number of aliphatic hydroxyl groups is 1. The summed E-state index contributed by atoms with van der Waals surface area (Å²) in [4.78, 5) is 29.1. The predicted octanol–water partition coefficient (Wildman–Crippen LogP) is 2.06. The van der Waals surface area contributed by atoms with Crippen LogP contribution in [0.4, 0.5) is 0 Å². The molecule has 0 bridgehead atoms. The number of hydrogen-bond acceptors (Lipinski definition) is 4. The average molecular weight is 331 g/mol. The van der Waals surface area contributed by atoms with Crippen molar-refractivity contribution in [2.45, 2.75) is 52.1 Å². The molecule has 0 aliphatic heterocycles. The maximum atomic E-state index is 12.5. The molecule has 0 aromatic carbocycles. The van der Waals surface area contributed by atoms with E-state index >= 15 is 0 Å². The van der Waals surface area contributed by atoms with Crippen molar-refractivity contribution < 1.29 is 9.90 Å². The van der Waals surface area contributed by atoms with Gasteiger partial charge in [-0.15, -0.1) is 0 Å². The Morgan fingerprint density at radius 1 is 1.33 bits per heavy atom. The lowest BCUT2D eigenvalue weighted by Gasteiger charge is -2.27. The Bertz CT molecular complexity index is 777. The first-order chi connectivity index (χ1) is 11.4. The lowest BCUT2D eigenvalue weighted by Crippen LogP contribution is -2.44. The first kappa shape index (κ1) is 18.1. The molecule has 0 saturated carbocycles. The van der Waals surface area contributed by atoms with Gasteiger partial charge in [-0.25, -0.2) is 4.98 Å². The third-order valence-electron chi connectivity index (χ3n) is 4.18. The minimum Gasteiger partial charge on any atom is -0.388 e. The molecule has 0 unspecified atom stereocenters. The number of pyridine rings is 1. The fourth-order valence-corrected chi connectivity index (χ4v) is 2.98. The highest BCUT2D eigenvalue weighted by Crippen LogP contribution is 2.18. The number of amides is 1. The van der Waals surface area contributed by atoms with Crippen LogP contribution in [0.3, 0.4) is 0 Å². The van der Waals surface area contributed by atoms with E-state index < -0.39 is 17.1 Å². The maximum absolute atomic E-state index is 12.5. The molecule has 2 aromatic heterocycles. The molecule has 24 heavy (non-hydrogen) atoms. The Hall–Kier alpha value is -2.21. The SMILES string of the molecule is CCCC(O)(CCC)CNC(=O)c1cnc2c(C)cccn2c1=O. The van der Waals surface area contributed by atoms with E-state index in [4.69, 9.17) is 0 Å². The van der Waals surface area contributed by atoms with Gasteiger partial charge in [0.1, 0.15) is 11.2 Å². The Morgan fingerprint density at radius 3 is 2.62 bits per heavy atom. The summed E-state index contributed by atoms with van der Waals surface area (Å²) in [5.41, 5.74) is 0.0365. The fourth-order valence-electron chi connectivity index (χ4n) is 2.98. The molecule has 2 N–H and O–H groups in total. The van der Waals surface area contributed by atoms with E-state index in [-0.39, 0.29) is 12.1 Å². The van der Waals surface area contributed by atoms with Crippen LogP contribution in [-0.4, -0.2) is 32.5 Å². The van der Waals surface area contributed by atoms with E-state index in [0.717, 1.165) is 18.4 Å². The Labute approximate surface area is 141 Å². The van der Waals surface area contributed by atoms with Gasteiger partial charge in [0.05, 0.1) is 5.60 Å². The van der Waals surface area contributed by atoms with Crippen molar-refractivity contribution in [1.82, 2.24) is 14.7 Å². The summed E-state index contributed by atoms with van der Waals surface area (Å²) in [6, 6.07) is 3.60. The number of aromatic nitrogens is 2. The molecule has 0 fully saturated rings. The number of carbonyl (C=O) groups is 1. The Balaban J connectivity index is 2.23. The number of fused-ring (bicyclic) bond motifs is 1. The summed E-state index contributed by atoms with van der Waals surface area (Å²) in [6.07, 6.45) is 5.76. The van der Waals surface area contributed by atoms with Gasteiger partial charge < -0.3 is 10.4 Å². The number of rotatable bonds is 7. The van der Waals surface area contributed by atoms with Gasteiger partial charge in [0.25, 0.3) is 11.5 Å². The highest BCUT2D eigenvalue weighted by molar-refractivity contribution is 5.93. The van der Waals surface area contributed by atoms with Gasteiger partial charge >= 0.3 is 0 Å². The number of nitrogens with zero attached hydrogens (tertiary/aromatic N) is 2. The van der Waals surface area contributed by atoms with Gasteiger partial charge in [-0.2, -0.15) is 0 Å². The molecule has 0 aliphatic carbocycles. The normalized spacial score (nSPS) is 11.7. The van der Waals surface area contributed by atoms with Crippen molar-refractivity contribution >= 4 is 11.6 Å². The molecular weight excluding hydrogens is 306 g/mol. The number of carbonyl (C=O) groups excluding carboxylic acids is 1. The molecule has 0 spiro atoms. The van der Waals surface area contributed by atoms with Crippen LogP contribution in [0.25, 0.3) is 5.65 Å². The van der Waals surface area contributed by atoms with Crippen molar-refractivity contribution in [2.75, 3.05) is 6.54 Å². The summed E-state index contributed by atoms with van der Waals surface area (Å²) >= 11 is 0. The van der Waals surface area contributed by atoms with Crippen LogP contribution in [0.15, 0.2) is 29.3 Å². The quantitative estimate of drug-likeness (QED) is 0.813. The molecule has 0 saturated heterocycles. The van der Waals surface area contributed by atoms with Crippen LogP contribution in [0.2, 0.25) is 0 Å². The first-order valence-electron chi connectivity index (χ1n) is 8.39. The Kier molecular flexibility index (Phi) is 5.72. The zero-order valence-electron chi connectivity index (χ0n) is 14.5. The Morgan fingerprint density at radius 2 is 2.00 bits per heavy atom. The average Bonchev–Trinajstić information content (AvgIpc) is 2.54. The summed E-state index contributed by atoms with van der Waals surface area (Å²) in [5.74, 6) is -0.506. The van der Waals surface area contributed by atoms with Gasteiger partial charge in [0, 0.05) is 18.9 Å². The fraction of sp³-hybridized carbons (Fsp3) is 0.500. The third-order valence-corrected chi connectivity index (χ3v) is 4.18. The molecular formula is C18H25N3O3. The second-order valence-electron chi connectivity index (χ2n) is 6.27. The smallest absolute Gasteiger partial charge is 0.270 e. The minimum absolute atomic E-state index is 0.0200. The molecule has 2 rings (SSSR count). The molecule has 1 amide bonds. The summed E-state index contributed by atoms with van der Waals surface area (Å²) in [7, 11) is 0. The molecule has 2 aromatic rings. The second-order valence-corrected chi connectivity index (χ2v) is 6.27. The van der Waals surface area contributed by atoms with Crippen molar-refractivity contribution in [2.24, 2.45) is 0 Å². The maximum Gasteiger partial charge on any atom is 0.270 e. The van der Waals surface area contributed by atoms with Crippen molar-refractivity contribution in [1.29, 1.82) is 0 Å². The van der Waals surface area contributed by atoms with Crippen LogP contribution >= 0.6 is 0 Å². The van der Waals surface area contributed by atoms with E-state index in [1.54, 1.807) is 12.3 Å². The number of aryl methyl sites for hydroxylation is 1. The lowest BCUT2D eigenvalue weighted by molar-refractivity contribution is 0.0212. The monoisotopic (exact) mass is 331 g/mol. The molecule has 0 atom stereocenters. The number of nitrogens with one attached hydrogen (secondary N) is 1. The highest BCUT2D eigenvalue weighted by Gasteiger charge is 2.26. The largest absolute Gasteiger partial charge is 0.388 e. The van der Waals surface area contributed by atoms with E-state index in [1.807, 2.05) is 26.8 Å². The standard InChI is InChI=1S/C18H25N3O3/c1-4-8-18(24,9-5-2)12-20-16(22)14-11-19-15-13(3)7-6-10-21(15)17(14)23/h6-7,10-11,24H,4-5,8-9,12H2,1-3H3,(H,20,22). The van der Waals surface area contributed by atoms with E-state index in [1.165, 1.54) is 10.6 Å².